The van der Waals surface area contributed by atoms with E-state index in [0.29, 0.717) is 0 Å². The molecule has 0 unspecified atom stereocenters. The molecule has 30 heavy (non-hydrogen) atoms. The van der Waals surface area contributed by atoms with Crippen LogP contribution in [0.15, 0.2) is 36.4 Å². The van der Waals surface area contributed by atoms with Gasteiger partial charge in [0.15, 0.2) is 0 Å². The molecule has 1 aromatic heterocycles. The molecule has 0 N–H and O–H groups in total. The Kier molecular flexibility index (Phi) is 9.86. The Hall–Kier alpha value is -1.70. The second kappa shape index (κ2) is 12.9. The number of rotatable bonds is 12. The van der Waals surface area contributed by atoms with Crippen molar-refractivity contribution in [2.24, 2.45) is 11.8 Å². The van der Waals surface area contributed by atoms with Crippen LogP contribution in [-0.2, 0) is 12.8 Å². The van der Waals surface area contributed by atoms with E-state index in [1.54, 1.807) is 0 Å². The molecule has 0 spiro atoms. The molecule has 0 saturated heterocycles. The maximum Gasteiger partial charge on any atom is 0.0929 e. The third-order valence-electron chi connectivity index (χ3n) is 7.01. The van der Waals surface area contributed by atoms with E-state index in [1.165, 1.54) is 94.6 Å². The molecule has 0 aliphatic heterocycles. The van der Waals surface area contributed by atoms with Crippen LogP contribution in [0.5, 0.6) is 0 Å². The Morgan fingerprint density at radius 2 is 1.37 bits per heavy atom. The van der Waals surface area contributed by atoms with E-state index >= 15 is 0 Å². The molecule has 1 aliphatic carbocycles. The maximum atomic E-state index is 4.53. The molecule has 2 aromatic rings. The van der Waals surface area contributed by atoms with E-state index in [0.717, 1.165) is 29.6 Å². The maximum absolute atomic E-state index is 4.53. The van der Waals surface area contributed by atoms with Crippen molar-refractivity contribution in [3.8, 4) is 11.3 Å². The number of aryl methyl sites for hydroxylation is 2. The lowest BCUT2D eigenvalue weighted by atomic mass is 9.78. The summed E-state index contributed by atoms with van der Waals surface area (Å²) >= 11 is 0. The summed E-state index contributed by atoms with van der Waals surface area (Å²) < 4.78 is 0. The van der Waals surface area contributed by atoms with Crippen LogP contribution in [0, 0.1) is 11.8 Å². The molecule has 0 bridgehead atoms. The second-order valence-electron chi connectivity index (χ2n) is 9.49. The summed E-state index contributed by atoms with van der Waals surface area (Å²) in [5.41, 5.74) is 4.76. The Bertz CT molecular complexity index is 696. The van der Waals surface area contributed by atoms with Crippen molar-refractivity contribution in [3.05, 3.63) is 47.7 Å². The highest BCUT2D eigenvalue weighted by Gasteiger charge is 2.20. The van der Waals surface area contributed by atoms with Gasteiger partial charge in [0.2, 0.25) is 0 Å². The van der Waals surface area contributed by atoms with Gasteiger partial charge in [-0.3, -0.25) is 0 Å². The molecule has 3 rings (SSSR count). The molecule has 0 radical (unpaired) electrons. The third-order valence-corrected chi connectivity index (χ3v) is 7.01. The first kappa shape index (κ1) is 23.0. The van der Waals surface area contributed by atoms with Crippen molar-refractivity contribution in [2.75, 3.05) is 0 Å². The van der Waals surface area contributed by atoms with Gasteiger partial charge < -0.3 is 0 Å². The van der Waals surface area contributed by atoms with E-state index in [-0.39, 0.29) is 0 Å². The fraction of sp³-hybridized carbons (Fsp3) is 0.643. The largest absolute Gasteiger partial charge is 0.155 e. The van der Waals surface area contributed by atoms with Crippen LogP contribution >= 0.6 is 0 Å². The Labute approximate surface area is 184 Å². The average Bonchev–Trinajstić information content (AvgIpc) is 2.79. The molecular weight excluding hydrogens is 364 g/mol. The third kappa shape index (κ3) is 7.52. The lowest BCUT2D eigenvalue weighted by Crippen LogP contribution is -2.15. The first-order valence-corrected chi connectivity index (χ1v) is 12.7. The van der Waals surface area contributed by atoms with Crippen LogP contribution in [0.2, 0.25) is 0 Å². The van der Waals surface area contributed by atoms with Crippen LogP contribution in [0.25, 0.3) is 11.3 Å². The predicted octanol–water partition coefficient (Wildman–Crippen LogP) is 8.20. The zero-order chi connectivity index (χ0) is 21.0. The van der Waals surface area contributed by atoms with Gasteiger partial charge in [0, 0.05) is 5.56 Å². The van der Waals surface area contributed by atoms with Crippen LogP contribution < -0.4 is 0 Å². The van der Waals surface area contributed by atoms with Crippen LogP contribution in [0.4, 0.5) is 0 Å². The summed E-state index contributed by atoms with van der Waals surface area (Å²) in [5, 5.41) is 9.06. The van der Waals surface area contributed by atoms with Gasteiger partial charge in [-0.25, -0.2) is 0 Å². The molecule has 1 fully saturated rings. The zero-order valence-corrected chi connectivity index (χ0v) is 19.4. The van der Waals surface area contributed by atoms with E-state index in [2.05, 4.69) is 60.4 Å². The summed E-state index contributed by atoms with van der Waals surface area (Å²) in [4.78, 5) is 0. The molecule has 1 aromatic carbocycles. The normalized spacial score (nSPS) is 19.1. The number of benzene rings is 1. The van der Waals surface area contributed by atoms with Gasteiger partial charge in [0.25, 0.3) is 0 Å². The van der Waals surface area contributed by atoms with E-state index in [4.69, 9.17) is 0 Å². The van der Waals surface area contributed by atoms with Crippen molar-refractivity contribution < 1.29 is 0 Å². The smallest absolute Gasteiger partial charge is 0.0929 e. The first-order valence-electron chi connectivity index (χ1n) is 12.7. The summed E-state index contributed by atoms with van der Waals surface area (Å²) in [6.07, 6.45) is 18.7. The van der Waals surface area contributed by atoms with Gasteiger partial charge in [-0.05, 0) is 55.2 Å². The summed E-state index contributed by atoms with van der Waals surface area (Å²) in [7, 11) is 0. The molecule has 1 saturated carbocycles. The standard InChI is InChI=1S/C28H42N2/c1-3-5-6-7-8-10-24-15-18-26(19-16-24)28-22-21-27(29-30-28)20-17-25-13-11-23(9-4-2)12-14-25/h15-16,18-19,21-23,25H,3-14,17,20H2,1-2H3. The number of unbranched alkanes of at least 4 members (excludes halogenated alkanes) is 4. The van der Waals surface area contributed by atoms with E-state index in [9.17, 15) is 0 Å². The van der Waals surface area contributed by atoms with E-state index < -0.39 is 0 Å². The lowest BCUT2D eigenvalue weighted by molar-refractivity contribution is 0.252. The fourth-order valence-corrected chi connectivity index (χ4v) is 4.99. The number of hydrogen-bond acceptors (Lipinski definition) is 2. The topological polar surface area (TPSA) is 25.8 Å². The van der Waals surface area contributed by atoms with Gasteiger partial charge in [-0.1, -0.05) is 102 Å². The SMILES string of the molecule is CCCCCCCc1ccc(-c2ccc(CCC3CCC(CCC)CC3)nn2)cc1. The highest BCUT2D eigenvalue weighted by atomic mass is 15.1. The highest BCUT2D eigenvalue weighted by molar-refractivity contribution is 5.58. The van der Waals surface area contributed by atoms with Crippen molar-refractivity contribution in [1.82, 2.24) is 10.2 Å². The molecule has 2 nitrogen and oxygen atoms in total. The van der Waals surface area contributed by atoms with Gasteiger partial charge in [0.05, 0.1) is 11.4 Å². The zero-order valence-electron chi connectivity index (χ0n) is 19.4. The minimum atomic E-state index is 0.897. The van der Waals surface area contributed by atoms with Crippen molar-refractivity contribution in [3.63, 3.8) is 0 Å². The van der Waals surface area contributed by atoms with Gasteiger partial charge in [-0.2, -0.15) is 10.2 Å². The molecule has 1 heterocycles. The minimum absolute atomic E-state index is 0.897. The number of hydrogen-bond donors (Lipinski definition) is 0. The van der Waals surface area contributed by atoms with Gasteiger partial charge in [0.1, 0.15) is 0 Å². The van der Waals surface area contributed by atoms with Crippen molar-refractivity contribution in [2.45, 2.75) is 104 Å². The Morgan fingerprint density at radius 1 is 0.667 bits per heavy atom. The van der Waals surface area contributed by atoms with E-state index in [1.807, 2.05) is 0 Å². The first-order chi connectivity index (χ1) is 14.8. The molecule has 2 heteroatoms. The van der Waals surface area contributed by atoms with Gasteiger partial charge >= 0.3 is 0 Å². The Morgan fingerprint density at radius 3 is 2.00 bits per heavy atom. The molecule has 164 valence electrons. The highest BCUT2D eigenvalue weighted by Crippen LogP contribution is 2.33. The van der Waals surface area contributed by atoms with Crippen molar-refractivity contribution in [1.29, 1.82) is 0 Å². The average molecular weight is 407 g/mol. The molecular formula is C28H42N2. The van der Waals surface area contributed by atoms with Crippen LogP contribution in [0.1, 0.15) is 102 Å². The quantitative estimate of drug-likeness (QED) is 0.332. The second-order valence-corrected chi connectivity index (χ2v) is 9.49. The number of nitrogens with zero attached hydrogens (tertiary/aromatic N) is 2. The monoisotopic (exact) mass is 406 g/mol. The molecule has 0 atom stereocenters. The summed E-state index contributed by atoms with van der Waals surface area (Å²) in [6, 6.07) is 13.3. The fourth-order valence-electron chi connectivity index (χ4n) is 4.99. The summed E-state index contributed by atoms with van der Waals surface area (Å²) in [6.45, 7) is 4.59. The van der Waals surface area contributed by atoms with Crippen LogP contribution in [0.3, 0.4) is 0 Å². The minimum Gasteiger partial charge on any atom is -0.155 e. The van der Waals surface area contributed by atoms with Gasteiger partial charge in [-0.15, -0.1) is 0 Å². The predicted molar refractivity (Wildman–Crippen MR) is 129 cm³/mol. The summed E-state index contributed by atoms with van der Waals surface area (Å²) in [5.74, 6) is 1.90. The van der Waals surface area contributed by atoms with Crippen LogP contribution in [-0.4, -0.2) is 10.2 Å². The molecule has 0 amide bonds. The van der Waals surface area contributed by atoms with Crippen molar-refractivity contribution >= 4 is 0 Å². The number of aromatic nitrogens is 2. The lowest BCUT2D eigenvalue weighted by Gasteiger charge is -2.28. The Balaban J connectivity index is 1.42. The molecule has 1 aliphatic rings.